The van der Waals surface area contributed by atoms with Crippen LogP contribution >= 0.6 is 11.3 Å². The van der Waals surface area contributed by atoms with Gasteiger partial charge in [0.1, 0.15) is 6.33 Å². The van der Waals surface area contributed by atoms with Gasteiger partial charge in [0.2, 0.25) is 11.6 Å². The molecule has 0 radical (unpaired) electrons. The van der Waals surface area contributed by atoms with E-state index in [4.69, 9.17) is 0 Å². The highest BCUT2D eigenvalue weighted by Gasteiger charge is 2.24. The van der Waals surface area contributed by atoms with E-state index in [1.165, 1.54) is 17.7 Å². The maximum atomic E-state index is 11.9. The van der Waals surface area contributed by atoms with E-state index in [1.54, 1.807) is 6.20 Å². The van der Waals surface area contributed by atoms with Gasteiger partial charge >= 0.3 is 5.69 Å². The van der Waals surface area contributed by atoms with Gasteiger partial charge in [0.25, 0.3) is 0 Å². The summed E-state index contributed by atoms with van der Waals surface area (Å²) < 4.78 is 0.987. The first-order valence-corrected chi connectivity index (χ1v) is 10.1. The van der Waals surface area contributed by atoms with Crippen LogP contribution in [-0.4, -0.2) is 24.9 Å². The second-order valence-electron chi connectivity index (χ2n) is 6.79. The van der Waals surface area contributed by atoms with Crippen molar-refractivity contribution in [3.8, 4) is 0 Å². The fraction of sp³-hybridized carbons (Fsp3) is 0.0476. The lowest BCUT2D eigenvalue weighted by molar-refractivity contribution is -0.383. The molecule has 9 nitrogen and oxygen atoms in total. The largest absolute Gasteiger partial charge is 0.353 e. The maximum Gasteiger partial charge on any atom is 0.353 e. The zero-order valence-corrected chi connectivity index (χ0v) is 17.1. The minimum atomic E-state index is -0.508. The molecule has 3 aromatic heterocycles. The third-order valence-electron chi connectivity index (χ3n) is 4.67. The molecule has 0 amide bonds. The Morgan fingerprint density at radius 3 is 2.65 bits per heavy atom. The Hall–Kier alpha value is -4.18. The smallest absolute Gasteiger partial charge is 0.334 e. The quantitative estimate of drug-likeness (QED) is 0.284. The molecule has 0 aliphatic heterocycles. The topological polar surface area (TPSA) is 119 Å². The summed E-state index contributed by atoms with van der Waals surface area (Å²) in [6.07, 6.45) is 2.97. The molecule has 10 heteroatoms. The molecular formula is C21H15N7O2S. The zero-order valence-electron chi connectivity index (χ0n) is 16.2. The van der Waals surface area contributed by atoms with Gasteiger partial charge < -0.3 is 10.6 Å². The second-order valence-corrected chi connectivity index (χ2v) is 7.82. The highest BCUT2D eigenvalue weighted by atomic mass is 32.1. The van der Waals surface area contributed by atoms with Gasteiger partial charge in [0.15, 0.2) is 5.13 Å². The summed E-state index contributed by atoms with van der Waals surface area (Å²) >= 11 is 1.40. The SMILES string of the molecule is Cc1ccc2nc(Nc3ncnc(Nc4cccc5ncccc45)c3[N+](=O)[O-])sc2c1. The highest BCUT2D eigenvalue weighted by molar-refractivity contribution is 7.22. The molecule has 0 fully saturated rings. The molecule has 0 aliphatic carbocycles. The van der Waals surface area contributed by atoms with E-state index in [0.717, 1.165) is 26.7 Å². The molecule has 31 heavy (non-hydrogen) atoms. The third kappa shape index (κ3) is 3.60. The van der Waals surface area contributed by atoms with E-state index in [2.05, 4.69) is 30.6 Å². The first kappa shape index (κ1) is 18.8. The van der Waals surface area contributed by atoms with Gasteiger partial charge in [-0.3, -0.25) is 15.1 Å². The number of nitro groups is 1. The van der Waals surface area contributed by atoms with Gasteiger partial charge in [0, 0.05) is 17.3 Å². The molecule has 0 unspecified atom stereocenters. The first-order chi connectivity index (χ1) is 15.1. The summed E-state index contributed by atoms with van der Waals surface area (Å²) in [6.45, 7) is 2.00. The van der Waals surface area contributed by atoms with Crippen LogP contribution in [0.2, 0.25) is 0 Å². The van der Waals surface area contributed by atoms with Crippen LogP contribution in [0, 0.1) is 17.0 Å². The standard InChI is InChI=1S/C21H15N7O2S/c1-12-7-8-16-17(10-12)31-21(26-16)27-20-18(28(29)30)19(23-11-24-20)25-15-6-2-5-14-13(15)4-3-9-22-14/h2-11H,1H3,(H2,23,24,25,26,27). The number of aromatic nitrogens is 4. The molecule has 0 spiro atoms. The molecule has 0 aliphatic rings. The maximum absolute atomic E-state index is 11.9. The highest BCUT2D eigenvalue weighted by Crippen LogP contribution is 2.36. The first-order valence-electron chi connectivity index (χ1n) is 9.33. The predicted octanol–water partition coefficient (Wildman–Crippen LogP) is 5.34. The summed E-state index contributed by atoms with van der Waals surface area (Å²) in [4.78, 5) is 28.4. The van der Waals surface area contributed by atoms with Crippen LogP contribution in [0.1, 0.15) is 5.56 Å². The number of hydrogen-bond acceptors (Lipinski definition) is 9. The number of aryl methyl sites for hydroxylation is 1. The molecule has 5 aromatic rings. The summed E-state index contributed by atoms with van der Waals surface area (Å²) in [5.41, 5.74) is 3.10. The molecule has 0 saturated carbocycles. The number of fused-ring (bicyclic) bond motifs is 2. The normalized spacial score (nSPS) is 11.0. The number of hydrogen-bond donors (Lipinski definition) is 2. The minimum Gasteiger partial charge on any atom is -0.334 e. The Bertz CT molecular complexity index is 1450. The number of benzene rings is 2. The van der Waals surface area contributed by atoms with Crippen LogP contribution in [0.3, 0.4) is 0 Å². The van der Waals surface area contributed by atoms with Crippen molar-refractivity contribution in [1.29, 1.82) is 0 Å². The van der Waals surface area contributed by atoms with Crippen molar-refractivity contribution >= 4 is 60.6 Å². The Labute approximate surface area is 180 Å². The van der Waals surface area contributed by atoms with Crippen LogP contribution < -0.4 is 10.6 Å². The van der Waals surface area contributed by atoms with Gasteiger partial charge in [-0.05, 0) is 48.9 Å². The molecule has 2 aromatic carbocycles. The number of anilines is 4. The van der Waals surface area contributed by atoms with E-state index in [9.17, 15) is 10.1 Å². The average Bonchev–Trinajstić information content (AvgIpc) is 3.15. The van der Waals surface area contributed by atoms with Gasteiger partial charge in [0.05, 0.1) is 20.7 Å². The van der Waals surface area contributed by atoms with Crippen LogP contribution in [0.25, 0.3) is 21.1 Å². The van der Waals surface area contributed by atoms with Gasteiger partial charge in [-0.25, -0.2) is 15.0 Å². The molecule has 2 N–H and O–H groups in total. The lowest BCUT2D eigenvalue weighted by Gasteiger charge is -2.10. The Morgan fingerprint density at radius 2 is 1.81 bits per heavy atom. The molecule has 3 heterocycles. The zero-order chi connectivity index (χ0) is 21.4. The number of rotatable bonds is 5. The number of nitrogens with zero attached hydrogens (tertiary/aromatic N) is 5. The second kappa shape index (κ2) is 7.58. The predicted molar refractivity (Wildman–Crippen MR) is 121 cm³/mol. The van der Waals surface area contributed by atoms with E-state index in [0.29, 0.717) is 10.8 Å². The monoisotopic (exact) mass is 429 g/mol. The van der Waals surface area contributed by atoms with Crippen molar-refractivity contribution in [2.24, 2.45) is 0 Å². The fourth-order valence-electron chi connectivity index (χ4n) is 3.26. The molecule has 0 bridgehead atoms. The van der Waals surface area contributed by atoms with Gasteiger partial charge in [-0.15, -0.1) is 0 Å². The van der Waals surface area contributed by atoms with Crippen molar-refractivity contribution in [1.82, 2.24) is 19.9 Å². The van der Waals surface area contributed by atoms with E-state index in [1.807, 2.05) is 55.5 Å². The number of nitrogens with one attached hydrogen (secondary N) is 2. The van der Waals surface area contributed by atoms with Crippen LogP contribution in [0.5, 0.6) is 0 Å². The van der Waals surface area contributed by atoms with Crippen LogP contribution in [0.15, 0.2) is 61.1 Å². The average molecular weight is 429 g/mol. The minimum absolute atomic E-state index is 0.0663. The molecule has 5 rings (SSSR count). The van der Waals surface area contributed by atoms with Crippen molar-refractivity contribution in [2.45, 2.75) is 6.92 Å². The molecule has 0 atom stereocenters. The Balaban J connectivity index is 1.54. The van der Waals surface area contributed by atoms with Crippen molar-refractivity contribution in [3.63, 3.8) is 0 Å². The third-order valence-corrected chi connectivity index (χ3v) is 5.61. The van der Waals surface area contributed by atoms with Crippen molar-refractivity contribution < 1.29 is 4.92 Å². The lowest BCUT2D eigenvalue weighted by Crippen LogP contribution is -2.05. The molecule has 152 valence electrons. The Morgan fingerprint density at radius 1 is 0.968 bits per heavy atom. The number of pyridine rings is 1. The summed E-state index contributed by atoms with van der Waals surface area (Å²) in [5, 5.41) is 19.3. The van der Waals surface area contributed by atoms with E-state index in [-0.39, 0.29) is 17.3 Å². The van der Waals surface area contributed by atoms with Gasteiger partial charge in [-0.1, -0.05) is 23.5 Å². The van der Waals surface area contributed by atoms with Crippen LogP contribution in [0.4, 0.5) is 28.1 Å². The van der Waals surface area contributed by atoms with Crippen LogP contribution in [-0.2, 0) is 0 Å². The summed E-state index contributed by atoms with van der Waals surface area (Å²) in [6, 6.07) is 15.1. The van der Waals surface area contributed by atoms with E-state index < -0.39 is 4.92 Å². The van der Waals surface area contributed by atoms with E-state index >= 15 is 0 Å². The van der Waals surface area contributed by atoms with Gasteiger partial charge in [-0.2, -0.15) is 0 Å². The van der Waals surface area contributed by atoms with Crippen molar-refractivity contribution in [3.05, 3.63) is 76.7 Å². The summed E-state index contributed by atoms with van der Waals surface area (Å²) in [5.74, 6) is 0.146. The number of thiazole rings is 1. The summed E-state index contributed by atoms with van der Waals surface area (Å²) in [7, 11) is 0. The molecular weight excluding hydrogens is 414 g/mol. The lowest BCUT2D eigenvalue weighted by atomic mass is 10.2. The fourth-order valence-corrected chi connectivity index (χ4v) is 4.22. The molecule has 0 saturated heterocycles. The Kier molecular flexibility index (Phi) is 4.60. The van der Waals surface area contributed by atoms with Crippen molar-refractivity contribution in [2.75, 3.05) is 10.6 Å².